The molecule has 1 saturated heterocycles. The Kier molecular flexibility index (Phi) is 6.49. The smallest absolute Gasteiger partial charge is 0.0505 e. The van der Waals surface area contributed by atoms with Crippen LogP contribution < -0.4 is 5.32 Å². The molecule has 1 aromatic rings. The van der Waals surface area contributed by atoms with E-state index in [4.69, 9.17) is 11.6 Å². The lowest BCUT2D eigenvalue weighted by Crippen LogP contribution is -2.47. The summed E-state index contributed by atoms with van der Waals surface area (Å²) in [5.74, 6) is 0. The lowest BCUT2D eigenvalue weighted by molar-refractivity contribution is 0.178. The Balaban J connectivity index is 2.27. The number of nitrogens with zero attached hydrogens (tertiary/aromatic N) is 2. The molecule has 3 nitrogen and oxygen atoms in total. The highest BCUT2D eigenvalue weighted by Gasteiger charge is 2.30. The zero-order valence-corrected chi connectivity index (χ0v) is 14.2. The Morgan fingerprint density at radius 1 is 1.29 bits per heavy atom. The van der Waals surface area contributed by atoms with Crippen LogP contribution in [0.1, 0.15) is 31.4 Å². The number of likely N-dealkylation sites (N-methyl/N-ethyl adjacent to an activating group) is 2. The van der Waals surface area contributed by atoms with Crippen molar-refractivity contribution >= 4 is 11.6 Å². The summed E-state index contributed by atoms with van der Waals surface area (Å²) < 4.78 is 0. The SMILES string of the molecule is CCCNC(c1ccccc1Cl)C1CN(C)CCCN1C. The maximum Gasteiger partial charge on any atom is 0.0505 e. The fraction of sp³-hybridized carbons (Fsp3) is 0.647. The number of nitrogens with one attached hydrogen (secondary N) is 1. The molecule has 0 amide bonds. The minimum absolute atomic E-state index is 0.282. The second kappa shape index (κ2) is 8.14. The van der Waals surface area contributed by atoms with Crippen LogP contribution in [0.25, 0.3) is 0 Å². The summed E-state index contributed by atoms with van der Waals surface area (Å²) in [5, 5.41) is 4.59. The van der Waals surface area contributed by atoms with Crippen LogP contribution in [0.5, 0.6) is 0 Å². The van der Waals surface area contributed by atoms with E-state index < -0.39 is 0 Å². The molecule has 1 aromatic carbocycles. The molecule has 2 atom stereocenters. The van der Waals surface area contributed by atoms with Crippen molar-refractivity contribution in [2.75, 3.05) is 40.3 Å². The normalized spacial score (nSPS) is 23.0. The van der Waals surface area contributed by atoms with Gasteiger partial charge in [0.2, 0.25) is 0 Å². The molecule has 2 rings (SSSR count). The Morgan fingerprint density at radius 3 is 2.76 bits per heavy atom. The van der Waals surface area contributed by atoms with E-state index >= 15 is 0 Å². The Bertz CT molecular complexity index is 438. The molecular weight excluding hydrogens is 282 g/mol. The number of hydrogen-bond donors (Lipinski definition) is 1. The van der Waals surface area contributed by atoms with E-state index in [-0.39, 0.29) is 6.04 Å². The molecule has 2 unspecified atom stereocenters. The average Bonchev–Trinajstić information content (AvgIpc) is 2.63. The third-order valence-corrected chi connectivity index (χ3v) is 4.70. The molecule has 1 heterocycles. The molecular formula is C17H28ClN3. The third kappa shape index (κ3) is 4.43. The predicted octanol–water partition coefficient (Wildman–Crippen LogP) is 3.02. The summed E-state index contributed by atoms with van der Waals surface area (Å²) in [7, 11) is 4.46. The summed E-state index contributed by atoms with van der Waals surface area (Å²) in [6.07, 6.45) is 2.36. The van der Waals surface area contributed by atoms with Gasteiger partial charge in [-0.05, 0) is 58.2 Å². The van der Waals surface area contributed by atoms with Crippen LogP contribution in [0.15, 0.2) is 24.3 Å². The van der Waals surface area contributed by atoms with Gasteiger partial charge in [0.05, 0.1) is 6.04 Å². The molecule has 21 heavy (non-hydrogen) atoms. The average molecular weight is 310 g/mol. The van der Waals surface area contributed by atoms with Gasteiger partial charge in [0.15, 0.2) is 0 Å². The van der Waals surface area contributed by atoms with Gasteiger partial charge in [0, 0.05) is 17.6 Å². The van der Waals surface area contributed by atoms with Crippen molar-refractivity contribution in [2.45, 2.75) is 31.8 Å². The van der Waals surface area contributed by atoms with E-state index in [1.807, 2.05) is 12.1 Å². The molecule has 118 valence electrons. The third-order valence-electron chi connectivity index (χ3n) is 4.35. The van der Waals surface area contributed by atoms with Crippen molar-refractivity contribution in [2.24, 2.45) is 0 Å². The van der Waals surface area contributed by atoms with Crippen LogP contribution in [0, 0.1) is 0 Å². The van der Waals surface area contributed by atoms with Gasteiger partial charge in [-0.2, -0.15) is 0 Å². The van der Waals surface area contributed by atoms with E-state index in [2.05, 4.69) is 48.3 Å². The van der Waals surface area contributed by atoms with Crippen molar-refractivity contribution in [1.82, 2.24) is 15.1 Å². The molecule has 1 N–H and O–H groups in total. The van der Waals surface area contributed by atoms with Crippen LogP contribution in [-0.2, 0) is 0 Å². The zero-order chi connectivity index (χ0) is 15.2. The van der Waals surface area contributed by atoms with Gasteiger partial charge in [-0.3, -0.25) is 0 Å². The van der Waals surface area contributed by atoms with Crippen LogP contribution in [0.2, 0.25) is 5.02 Å². The first kappa shape index (κ1) is 16.8. The molecule has 1 fully saturated rings. The van der Waals surface area contributed by atoms with Crippen LogP contribution in [-0.4, -0.2) is 56.1 Å². The van der Waals surface area contributed by atoms with E-state index in [0.29, 0.717) is 6.04 Å². The molecule has 0 radical (unpaired) electrons. The summed E-state index contributed by atoms with van der Waals surface area (Å²) in [6, 6.07) is 8.98. The summed E-state index contributed by atoms with van der Waals surface area (Å²) in [6.45, 7) is 6.61. The van der Waals surface area contributed by atoms with Gasteiger partial charge in [0.1, 0.15) is 0 Å². The first-order valence-electron chi connectivity index (χ1n) is 8.00. The molecule has 1 aliphatic heterocycles. The highest BCUT2D eigenvalue weighted by Crippen LogP contribution is 2.28. The summed E-state index contributed by atoms with van der Waals surface area (Å²) in [5.41, 5.74) is 1.22. The Morgan fingerprint density at radius 2 is 2.05 bits per heavy atom. The fourth-order valence-electron chi connectivity index (χ4n) is 3.15. The highest BCUT2D eigenvalue weighted by molar-refractivity contribution is 6.31. The number of rotatable bonds is 5. The minimum atomic E-state index is 0.282. The van der Waals surface area contributed by atoms with Crippen molar-refractivity contribution in [3.63, 3.8) is 0 Å². The number of halogens is 1. The maximum absolute atomic E-state index is 6.47. The van der Waals surface area contributed by atoms with Gasteiger partial charge in [0.25, 0.3) is 0 Å². The van der Waals surface area contributed by atoms with Crippen molar-refractivity contribution < 1.29 is 0 Å². The second-order valence-corrected chi connectivity index (χ2v) is 6.52. The quantitative estimate of drug-likeness (QED) is 0.902. The second-order valence-electron chi connectivity index (χ2n) is 6.12. The van der Waals surface area contributed by atoms with Gasteiger partial charge < -0.3 is 15.1 Å². The summed E-state index contributed by atoms with van der Waals surface area (Å²) in [4.78, 5) is 4.92. The molecule has 0 aliphatic carbocycles. The van der Waals surface area contributed by atoms with Gasteiger partial charge in [-0.1, -0.05) is 36.7 Å². The Labute approximate surface area is 134 Å². The van der Waals surface area contributed by atoms with Crippen LogP contribution in [0.3, 0.4) is 0 Å². The van der Waals surface area contributed by atoms with E-state index in [1.54, 1.807) is 0 Å². The van der Waals surface area contributed by atoms with Gasteiger partial charge in [-0.15, -0.1) is 0 Å². The van der Waals surface area contributed by atoms with Crippen molar-refractivity contribution in [1.29, 1.82) is 0 Å². The monoisotopic (exact) mass is 309 g/mol. The van der Waals surface area contributed by atoms with E-state index in [0.717, 1.165) is 31.1 Å². The van der Waals surface area contributed by atoms with Crippen molar-refractivity contribution in [3.05, 3.63) is 34.9 Å². The first-order valence-corrected chi connectivity index (χ1v) is 8.38. The number of benzene rings is 1. The molecule has 4 heteroatoms. The van der Waals surface area contributed by atoms with Crippen molar-refractivity contribution in [3.8, 4) is 0 Å². The van der Waals surface area contributed by atoms with E-state index in [1.165, 1.54) is 18.5 Å². The topological polar surface area (TPSA) is 18.5 Å². The first-order chi connectivity index (χ1) is 10.1. The molecule has 0 aromatic heterocycles. The Hall–Kier alpha value is -0.610. The number of hydrogen-bond acceptors (Lipinski definition) is 3. The minimum Gasteiger partial charge on any atom is -0.309 e. The standard InChI is InChI=1S/C17H28ClN3/c1-4-10-19-17(14-8-5-6-9-15(14)18)16-13-20(2)11-7-12-21(16)3/h5-6,8-9,16-17,19H,4,7,10-13H2,1-3H3. The predicted molar refractivity (Wildman–Crippen MR) is 91.0 cm³/mol. The highest BCUT2D eigenvalue weighted by atomic mass is 35.5. The molecule has 0 bridgehead atoms. The fourth-order valence-corrected chi connectivity index (χ4v) is 3.40. The summed E-state index contributed by atoms with van der Waals surface area (Å²) >= 11 is 6.47. The maximum atomic E-state index is 6.47. The van der Waals surface area contributed by atoms with Crippen LogP contribution >= 0.6 is 11.6 Å². The molecule has 1 aliphatic rings. The molecule has 0 spiro atoms. The lowest BCUT2D eigenvalue weighted by atomic mass is 9.97. The van der Waals surface area contributed by atoms with Gasteiger partial charge in [-0.25, -0.2) is 0 Å². The lowest BCUT2D eigenvalue weighted by Gasteiger charge is -2.36. The molecule has 0 saturated carbocycles. The largest absolute Gasteiger partial charge is 0.309 e. The van der Waals surface area contributed by atoms with Gasteiger partial charge >= 0.3 is 0 Å². The van der Waals surface area contributed by atoms with E-state index in [9.17, 15) is 0 Å². The van der Waals surface area contributed by atoms with Crippen LogP contribution in [0.4, 0.5) is 0 Å². The zero-order valence-electron chi connectivity index (χ0n) is 13.5.